The molecular weight excluding hydrogens is 313 g/mol. The van der Waals surface area contributed by atoms with Crippen LogP contribution in [0.2, 0.25) is 0 Å². The van der Waals surface area contributed by atoms with Gasteiger partial charge in [0.15, 0.2) is 0 Å². The molecule has 0 heterocycles. The molecular formula is C13H14INO. The predicted molar refractivity (Wildman–Crippen MR) is 71.4 cm³/mol. The summed E-state index contributed by atoms with van der Waals surface area (Å²) in [5.74, 6) is 0.898. The maximum absolute atomic E-state index is 8.84. The van der Waals surface area contributed by atoms with Crippen molar-refractivity contribution in [3.8, 4) is 11.8 Å². The summed E-state index contributed by atoms with van der Waals surface area (Å²) in [6, 6.07) is 7.85. The molecule has 2 rings (SSSR count). The summed E-state index contributed by atoms with van der Waals surface area (Å²) in [6.07, 6.45) is 6.59. The molecule has 0 saturated heterocycles. The molecule has 1 aromatic carbocycles. The molecule has 1 saturated carbocycles. The van der Waals surface area contributed by atoms with Crippen LogP contribution in [-0.4, -0.2) is 6.10 Å². The van der Waals surface area contributed by atoms with E-state index in [0.29, 0.717) is 6.10 Å². The lowest BCUT2D eigenvalue weighted by molar-refractivity contribution is 0.155. The van der Waals surface area contributed by atoms with Crippen LogP contribution in [0.25, 0.3) is 0 Å². The summed E-state index contributed by atoms with van der Waals surface area (Å²) in [6.45, 7) is 0. The third kappa shape index (κ3) is 2.88. The molecule has 1 aliphatic carbocycles. The lowest BCUT2D eigenvalue weighted by Gasteiger charge is -2.23. The summed E-state index contributed by atoms with van der Waals surface area (Å²) >= 11 is 2.18. The highest BCUT2D eigenvalue weighted by molar-refractivity contribution is 14.1. The third-order valence-electron chi connectivity index (χ3n) is 2.92. The van der Waals surface area contributed by atoms with Crippen LogP contribution in [0.15, 0.2) is 18.2 Å². The van der Waals surface area contributed by atoms with E-state index in [1.165, 1.54) is 19.3 Å². The summed E-state index contributed by atoms with van der Waals surface area (Å²) < 4.78 is 6.89. The summed E-state index contributed by atoms with van der Waals surface area (Å²) in [4.78, 5) is 0. The number of halogens is 1. The molecule has 16 heavy (non-hydrogen) atoms. The zero-order chi connectivity index (χ0) is 11.4. The summed E-state index contributed by atoms with van der Waals surface area (Å²) in [5, 5.41) is 8.84. The van der Waals surface area contributed by atoms with Crippen molar-refractivity contribution in [1.82, 2.24) is 0 Å². The molecule has 0 aliphatic heterocycles. The SMILES string of the molecule is N#Cc1ccc(OC2CCCCC2)cc1I. The minimum Gasteiger partial charge on any atom is -0.490 e. The minimum absolute atomic E-state index is 0.373. The van der Waals surface area contributed by atoms with Crippen LogP contribution in [0, 0.1) is 14.9 Å². The first kappa shape index (κ1) is 11.7. The number of rotatable bonds is 2. The van der Waals surface area contributed by atoms with Gasteiger partial charge in [-0.1, -0.05) is 6.42 Å². The number of nitrogens with zero attached hydrogens (tertiary/aromatic N) is 1. The minimum atomic E-state index is 0.373. The van der Waals surface area contributed by atoms with Crippen LogP contribution in [-0.2, 0) is 0 Å². The van der Waals surface area contributed by atoms with Crippen molar-refractivity contribution < 1.29 is 4.74 Å². The van der Waals surface area contributed by atoms with Gasteiger partial charge < -0.3 is 4.74 Å². The van der Waals surface area contributed by atoms with Gasteiger partial charge in [0, 0.05) is 3.57 Å². The average Bonchev–Trinajstić information content (AvgIpc) is 2.31. The van der Waals surface area contributed by atoms with Gasteiger partial charge in [0.2, 0.25) is 0 Å². The van der Waals surface area contributed by atoms with Crippen molar-refractivity contribution in [1.29, 1.82) is 5.26 Å². The maximum atomic E-state index is 8.84. The third-order valence-corrected chi connectivity index (χ3v) is 3.81. The van der Waals surface area contributed by atoms with Gasteiger partial charge >= 0.3 is 0 Å². The van der Waals surface area contributed by atoms with Gasteiger partial charge in [-0.25, -0.2) is 0 Å². The first-order valence-electron chi connectivity index (χ1n) is 5.66. The Morgan fingerprint density at radius 1 is 1.25 bits per heavy atom. The highest BCUT2D eigenvalue weighted by atomic mass is 127. The standard InChI is InChI=1S/C13H14INO/c14-13-8-12(7-6-10(13)9-15)16-11-4-2-1-3-5-11/h6-8,11H,1-5H2. The van der Waals surface area contributed by atoms with Gasteiger partial charge in [0.1, 0.15) is 11.8 Å². The molecule has 0 aromatic heterocycles. The smallest absolute Gasteiger partial charge is 0.120 e. The van der Waals surface area contributed by atoms with Crippen molar-refractivity contribution in [2.24, 2.45) is 0 Å². The Labute approximate surface area is 110 Å². The predicted octanol–water partition coefficient (Wildman–Crippen LogP) is 3.87. The molecule has 3 heteroatoms. The molecule has 0 amide bonds. The molecule has 0 unspecified atom stereocenters. The zero-order valence-electron chi connectivity index (χ0n) is 9.08. The first-order chi connectivity index (χ1) is 7.79. The lowest BCUT2D eigenvalue weighted by atomic mass is 9.98. The largest absolute Gasteiger partial charge is 0.490 e. The van der Waals surface area contributed by atoms with Crippen LogP contribution < -0.4 is 4.74 Å². The summed E-state index contributed by atoms with van der Waals surface area (Å²) in [7, 11) is 0. The van der Waals surface area contributed by atoms with Gasteiger partial charge in [0.25, 0.3) is 0 Å². The second-order valence-corrected chi connectivity index (χ2v) is 5.29. The highest BCUT2D eigenvalue weighted by Gasteiger charge is 2.15. The van der Waals surface area contributed by atoms with Crippen molar-refractivity contribution >= 4 is 22.6 Å². The average molecular weight is 327 g/mol. The summed E-state index contributed by atoms with van der Waals surface area (Å²) in [5.41, 5.74) is 0.719. The Hall–Kier alpha value is -0.760. The van der Waals surface area contributed by atoms with Gasteiger partial charge in [-0.15, -0.1) is 0 Å². The normalized spacial score (nSPS) is 16.8. The molecule has 2 nitrogen and oxygen atoms in total. The second-order valence-electron chi connectivity index (χ2n) is 4.13. The number of hydrogen-bond acceptors (Lipinski definition) is 2. The quantitative estimate of drug-likeness (QED) is 0.773. The van der Waals surface area contributed by atoms with Crippen molar-refractivity contribution in [3.05, 3.63) is 27.3 Å². The van der Waals surface area contributed by atoms with Crippen LogP contribution in [0.3, 0.4) is 0 Å². The monoisotopic (exact) mass is 327 g/mol. The fraction of sp³-hybridized carbons (Fsp3) is 0.462. The van der Waals surface area contributed by atoms with E-state index in [-0.39, 0.29) is 0 Å². The van der Waals surface area contributed by atoms with Gasteiger partial charge in [0.05, 0.1) is 11.7 Å². The van der Waals surface area contributed by atoms with E-state index in [1.807, 2.05) is 18.2 Å². The van der Waals surface area contributed by atoms with E-state index >= 15 is 0 Å². The zero-order valence-corrected chi connectivity index (χ0v) is 11.2. The number of benzene rings is 1. The Morgan fingerprint density at radius 2 is 2.00 bits per heavy atom. The molecule has 0 atom stereocenters. The van der Waals surface area contributed by atoms with Crippen LogP contribution >= 0.6 is 22.6 Å². The molecule has 0 spiro atoms. The Bertz CT molecular complexity index is 405. The van der Waals surface area contributed by atoms with E-state index in [0.717, 1.165) is 27.7 Å². The van der Waals surface area contributed by atoms with Crippen molar-refractivity contribution in [2.75, 3.05) is 0 Å². The fourth-order valence-electron chi connectivity index (χ4n) is 2.04. The number of ether oxygens (including phenoxy) is 1. The van der Waals surface area contributed by atoms with Crippen LogP contribution in [0.4, 0.5) is 0 Å². The van der Waals surface area contributed by atoms with E-state index in [9.17, 15) is 0 Å². The van der Waals surface area contributed by atoms with Crippen molar-refractivity contribution in [3.63, 3.8) is 0 Å². The molecule has 0 bridgehead atoms. The topological polar surface area (TPSA) is 33.0 Å². The number of hydrogen-bond donors (Lipinski definition) is 0. The Kier molecular flexibility index (Phi) is 4.05. The van der Waals surface area contributed by atoms with Crippen LogP contribution in [0.1, 0.15) is 37.7 Å². The Morgan fingerprint density at radius 3 is 2.62 bits per heavy atom. The van der Waals surface area contributed by atoms with Gasteiger partial charge in [-0.05, 0) is 66.5 Å². The highest BCUT2D eigenvalue weighted by Crippen LogP contribution is 2.25. The van der Waals surface area contributed by atoms with Gasteiger partial charge in [-0.3, -0.25) is 0 Å². The molecule has 1 aromatic rings. The maximum Gasteiger partial charge on any atom is 0.120 e. The molecule has 0 radical (unpaired) electrons. The van der Waals surface area contributed by atoms with E-state index < -0.39 is 0 Å². The first-order valence-corrected chi connectivity index (χ1v) is 6.74. The molecule has 1 aliphatic rings. The van der Waals surface area contributed by atoms with E-state index in [1.54, 1.807) is 0 Å². The van der Waals surface area contributed by atoms with E-state index in [2.05, 4.69) is 28.7 Å². The fourth-order valence-corrected chi connectivity index (χ4v) is 2.64. The molecule has 84 valence electrons. The van der Waals surface area contributed by atoms with Gasteiger partial charge in [-0.2, -0.15) is 5.26 Å². The molecule has 1 fully saturated rings. The van der Waals surface area contributed by atoms with Crippen molar-refractivity contribution in [2.45, 2.75) is 38.2 Å². The van der Waals surface area contributed by atoms with Crippen LogP contribution in [0.5, 0.6) is 5.75 Å². The second kappa shape index (κ2) is 5.53. The van der Waals surface area contributed by atoms with E-state index in [4.69, 9.17) is 10.00 Å². The Balaban J connectivity index is 2.04. The number of nitriles is 1. The molecule has 0 N–H and O–H groups in total. The lowest BCUT2D eigenvalue weighted by Crippen LogP contribution is -2.19.